The Kier molecular flexibility index (Phi) is 6.53. The van der Waals surface area contributed by atoms with Gasteiger partial charge in [-0.3, -0.25) is 9.89 Å². The molecular formula is C21H22N4O5. The number of nitrogens with zero attached hydrogens (tertiary/aromatic N) is 2. The molecule has 0 aliphatic rings. The number of rotatable bonds is 8. The molecule has 2 N–H and O–H groups in total. The van der Waals surface area contributed by atoms with E-state index in [-0.39, 0.29) is 5.69 Å². The van der Waals surface area contributed by atoms with Crippen LogP contribution in [-0.2, 0) is 0 Å². The van der Waals surface area contributed by atoms with Crippen LogP contribution in [0.4, 0.5) is 0 Å². The second-order valence-electron chi connectivity index (χ2n) is 6.05. The fourth-order valence-electron chi connectivity index (χ4n) is 2.75. The van der Waals surface area contributed by atoms with Crippen molar-refractivity contribution >= 4 is 12.1 Å². The van der Waals surface area contributed by atoms with Crippen LogP contribution in [0.1, 0.15) is 16.1 Å². The highest BCUT2D eigenvalue weighted by atomic mass is 16.5. The Morgan fingerprint density at radius 2 is 1.67 bits per heavy atom. The molecule has 0 atom stereocenters. The summed E-state index contributed by atoms with van der Waals surface area (Å²) in [4.78, 5) is 12.4. The Morgan fingerprint density at radius 3 is 2.37 bits per heavy atom. The van der Waals surface area contributed by atoms with Crippen molar-refractivity contribution in [3.05, 3.63) is 53.7 Å². The Balaban J connectivity index is 1.72. The van der Waals surface area contributed by atoms with Crippen molar-refractivity contribution in [1.82, 2.24) is 15.6 Å². The highest BCUT2D eigenvalue weighted by Crippen LogP contribution is 2.32. The van der Waals surface area contributed by atoms with Crippen LogP contribution in [0.15, 0.2) is 47.6 Å². The monoisotopic (exact) mass is 410 g/mol. The minimum absolute atomic E-state index is 0.249. The Hall–Kier alpha value is -4.01. The van der Waals surface area contributed by atoms with E-state index in [4.69, 9.17) is 18.9 Å². The number of hydrazone groups is 1. The average molecular weight is 410 g/mol. The van der Waals surface area contributed by atoms with Crippen LogP contribution in [-0.4, -0.2) is 50.8 Å². The third-order valence-corrected chi connectivity index (χ3v) is 4.29. The number of H-pyrrole nitrogens is 1. The van der Waals surface area contributed by atoms with E-state index in [1.165, 1.54) is 6.21 Å². The number of carbonyl (C=O) groups excluding carboxylic acids is 1. The topological polar surface area (TPSA) is 107 Å². The van der Waals surface area contributed by atoms with Crippen molar-refractivity contribution in [3.63, 3.8) is 0 Å². The van der Waals surface area contributed by atoms with Crippen molar-refractivity contribution in [1.29, 1.82) is 0 Å². The van der Waals surface area contributed by atoms with Crippen LogP contribution in [0.2, 0.25) is 0 Å². The summed E-state index contributed by atoms with van der Waals surface area (Å²) >= 11 is 0. The van der Waals surface area contributed by atoms with Gasteiger partial charge in [-0.2, -0.15) is 10.2 Å². The SMILES string of the molecule is COc1ccc(OC)c(-c2cc(C(=O)NN=Cc3ccc(OC)c(OC)c3)[nH]n2)c1. The molecular weight excluding hydrogens is 388 g/mol. The zero-order valence-electron chi connectivity index (χ0n) is 17.1. The molecule has 9 nitrogen and oxygen atoms in total. The van der Waals surface area contributed by atoms with Gasteiger partial charge in [0.2, 0.25) is 0 Å². The minimum atomic E-state index is -0.438. The summed E-state index contributed by atoms with van der Waals surface area (Å²) in [7, 11) is 6.25. The number of methoxy groups -OCH3 is 4. The number of hydrogen-bond donors (Lipinski definition) is 2. The summed E-state index contributed by atoms with van der Waals surface area (Å²) in [5.41, 5.74) is 4.68. The van der Waals surface area contributed by atoms with Gasteiger partial charge in [-0.05, 0) is 48.0 Å². The molecule has 1 aromatic heterocycles. The molecule has 1 amide bonds. The summed E-state index contributed by atoms with van der Waals surface area (Å²) in [5, 5.41) is 10.9. The molecule has 2 aromatic carbocycles. The summed E-state index contributed by atoms with van der Waals surface area (Å²) in [6.07, 6.45) is 1.50. The standard InChI is InChI=1S/C21H22N4O5/c1-27-14-6-8-18(28-2)15(10-14)16-11-17(24-23-16)21(26)25-22-12-13-5-7-19(29-3)20(9-13)30-4/h5-12H,1-4H3,(H,23,24)(H,25,26). The second-order valence-corrected chi connectivity index (χ2v) is 6.05. The maximum atomic E-state index is 12.4. The molecule has 0 radical (unpaired) electrons. The number of hydrogen-bond acceptors (Lipinski definition) is 7. The smallest absolute Gasteiger partial charge is 0.289 e. The van der Waals surface area contributed by atoms with E-state index in [0.717, 1.165) is 5.56 Å². The lowest BCUT2D eigenvalue weighted by Crippen LogP contribution is -2.18. The van der Waals surface area contributed by atoms with Crippen LogP contribution >= 0.6 is 0 Å². The van der Waals surface area contributed by atoms with E-state index in [1.54, 1.807) is 70.9 Å². The predicted octanol–water partition coefficient (Wildman–Crippen LogP) is 2.88. The number of amides is 1. The number of carbonyl (C=O) groups is 1. The van der Waals surface area contributed by atoms with Gasteiger partial charge in [-0.15, -0.1) is 0 Å². The van der Waals surface area contributed by atoms with Gasteiger partial charge in [-0.25, -0.2) is 5.43 Å². The zero-order chi connectivity index (χ0) is 21.5. The molecule has 0 spiro atoms. The molecule has 1 heterocycles. The van der Waals surface area contributed by atoms with Gasteiger partial charge < -0.3 is 18.9 Å². The van der Waals surface area contributed by atoms with Gasteiger partial charge in [0, 0.05) is 5.56 Å². The third-order valence-electron chi connectivity index (χ3n) is 4.29. The van der Waals surface area contributed by atoms with E-state index >= 15 is 0 Å². The largest absolute Gasteiger partial charge is 0.497 e. The van der Waals surface area contributed by atoms with E-state index in [1.807, 2.05) is 0 Å². The number of nitrogens with one attached hydrogen (secondary N) is 2. The zero-order valence-corrected chi connectivity index (χ0v) is 17.1. The van der Waals surface area contributed by atoms with Gasteiger partial charge in [-0.1, -0.05) is 0 Å². The number of benzene rings is 2. The van der Waals surface area contributed by atoms with Crippen molar-refractivity contribution in [3.8, 4) is 34.3 Å². The molecule has 0 saturated heterocycles. The fraction of sp³-hybridized carbons (Fsp3) is 0.190. The lowest BCUT2D eigenvalue weighted by atomic mass is 10.1. The molecule has 0 saturated carbocycles. The molecule has 0 fully saturated rings. The van der Waals surface area contributed by atoms with Crippen LogP contribution in [0.5, 0.6) is 23.0 Å². The van der Waals surface area contributed by atoms with E-state index < -0.39 is 5.91 Å². The van der Waals surface area contributed by atoms with E-state index in [0.29, 0.717) is 34.3 Å². The minimum Gasteiger partial charge on any atom is -0.497 e. The summed E-state index contributed by atoms with van der Waals surface area (Å²) < 4.78 is 21.1. The molecule has 9 heteroatoms. The maximum Gasteiger partial charge on any atom is 0.289 e. The lowest BCUT2D eigenvalue weighted by Gasteiger charge is -2.08. The molecule has 0 aliphatic carbocycles. The number of aromatic nitrogens is 2. The van der Waals surface area contributed by atoms with Gasteiger partial charge >= 0.3 is 0 Å². The average Bonchev–Trinajstić information content (AvgIpc) is 3.28. The van der Waals surface area contributed by atoms with Crippen LogP contribution in [0.25, 0.3) is 11.3 Å². The Bertz CT molecular complexity index is 1060. The van der Waals surface area contributed by atoms with Crippen molar-refractivity contribution in [2.75, 3.05) is 28.4 Å². The van der Waals surface area contributed by atoms with Crippen LogP contribution in [0, 0.1) is 0 Å². The highest BCUT2D eigenvalue weighted by Gasteiger charge is 2.14. The normalized spacial score (nSPS) is 10.7. The fourth-order valence-corrected chi connectivity index (χ4v) is 2.75. The number of ether oxygens (including phenoxy) is 4. The van der Waals surface area contributed by atoms with Crippen molar-refractivity contribution in [2.45, 2.75) is 0 Å². The summed E-state index contributed by atoms with van der Waals surface area (Å²) in [5.74, 6) is 2.00. The summed E-state index contributed by atoms with van der Waals surface area (Å²) in [6, 6.07) is 12.2. The van der Waals surface area contributed by atoms with Crippen molar-refractivity contribution in [2.24, 2.45) is 5.10 Å². The molecule has 3 rings (SSSR count). The lowest BCUT2D eigenvalue weighted by molar-refractivity contribution is 0.0950. The molecule has 3 aromatic rings. The van der Waals surface area contributed by atoms with Crippen LogP contribution < -0.4 is 24.4 Å². The second kappa shape index (κ2) is 9.46. The molecule has 30 heavy (non-hydrogen) atoms. The molecule has 156 valence electrons. The third kappa shape index (κ3) is 4.52. The quantitative estimate of drug-likeness (QED) is 0.437. The first kappa shape index (κ1) is 20.7. The molecule has 0 unspecified atom stereocenters. The molecule has 0 aliphatic heterocycles. The van der Waals surface area contributed by atoms with Gasteiger partial charge in [0.25, 0.3) is 5.91 Å². The summed E-state index contributed by atoms with van der Waals surface area (Å²) in [6.45, 7) is 0. The van der Waals surface area contributed by atoms with Gasteiger partial charge in [0.1, 0.15) is 17.2 Å². The first-order valence-corrected chi connectivity index (χ1v) is 8.92. The maximum absolute atomic E-state index is 12.4. The molecule has 0 bridgehead atoms. The Morgan fingerprint density at radius 1 is 0.933 bits per heavy atom. The predicted molar refractivity (Wildman–Crippen MR) is 112 cm³/mol. The van der Waals surface area contributed by atoms with Crippen molar-refractivity contribution < 1.29 is 23.7 Å². The Labute approximate surface area is 173 Å². The number of aromatic amines is 1. The first-order valence-electron chi connectivity index (χ1n) is 8.92. The van der Waals surface area contributed by atoms with Gasteiger partial charge in [0.05, 0.1) is 40.3 Å². The highest BCUT2D eigenvalue weighted by molar-refractivity contribution is 5.94. The van der Waals surface area contributed by atoms with Crippen LogP contribution in [0.3, 0.4) is 0 Å². The van der Waals surface area contributed by atoms with E-state index in [2.05, 4.69) is 20.7 Å². The first-order chi connectivity index (χ1) is 14.6. The van der Waals surface area contributed by atoms with Gasteiger partial charge in [0.15, 0.2) is 11.5 Å². The van der Waals surface area contributed by atoms with E-state index in [9.17, 15) is 4.79 Å².